The molecule has 0 amide bonds. The van der Waals surface area contributed by atoms with Crippen LogP contribution in [0.4, 0.5) is 13.2 Å². The van der Waals surface area contributed by atoms with E-state index in [1.807, 2.05) is 30.3 Å². The van der Waals surface area contributed by atoms with Crippen LogP contribution in [-0.4, -0.2) is 10.2 Å². The maximum absolute atomic E-state index is 12.6. The summed E-state index contributed by atoms with van der Waals surface area (Å²) in [5.74, 6) is 0. The number of benzene rings is 2. The van der Waals surface area contributed by atoms with Crippen molar-refractivity contribution < 1.29 is 13.2 Å². The van der Waals surface area contributed by atoms with Crippen molar-refractivity contribution in [3.8, 4) is 11.3 Å². The number of rotatable bonds is 1. The van der Waals surface area contributed by atoms with Crippen LogP contribution in [-0.2, 0) is 6.18 Å². The number of hydrogen-bond donors (Lipinski definition) is 0. The highest BCUT2D eigenvalue weighted by molar-refractivity contribution is 5.82. The number of halogens is 3. The summed E-state index contributed by atoms with van der Waals surface area (Å²) in [5, 5.41) is 8.50. The Morgan fingerprint density at radius 2 is 1.55 bits per heavy atom. The van der Waals surface area contributed by atoms with Gasteiger partial charge in [-0.25, -0.2) is 0 Å². The van der Waals surface area contributed by atoms with Gasteiger partial charge in [-0.15, -0.1) is 10.2 Å². The summed E-state index contributed by atoms with van der Waals surface area (Å²) in [4.78, 5) is 0. The molecule has 1 heterocycles. The van der Waals surface area contributed by atoms with Gasteiger partial charge in [0.25, 0.3) is 0 Å². The smallest absolute Gasteiger partial charge is 0.166 e. The maximum Gasteiger partial charge on any atom is 0.416 e. The van der Waals surface area contributed by atoms with Gasteiger partial charge in [-0.3, -0.25) is 0 Å². The minimum absolute atomic E-state index is 0.236. The Labute approximate surface area is 112 Å². The van der Waals surface area contributed by atoms with Crippen LogP contribution in [0.2, 0.25) is 0 Å². The van der Waals surface area contributed by atoms with Crippen molar-refractivity contribution in [2.75, 3.05) is 0 Å². The van der Waals surface area contributed by atoms with Crippen LogP contribution in [0.1, 0.15) is 5.56 Å². The van der Waals surface area contributed by atoms with Crippen molar-refractivity contribution in [1.29, 1.82) is 0 Å². The highest BCUT2D eigenvalue weighted by Gasteiger charge is 2.30. The van der Waals surface area contributed by atoms with Gasteiger partial charge in [0.1, 0.15) is 0 Å². The molecular formula is C15H9F3N2. The largest absolute Gasteiger partial charge is 0.416 e. The van der Waals surface area contributed by atoms with Crippen molar-refractivity contribution >= 4 is 10.9 Å². The van der Waals surface area contributed by atoms with E-state index in [4.69, 9.17) is 0 Å². The molecule has 2 nitrogen and oxygen atoms in total. The highest BCUT2D eigenvalue weighted by atomic mass is 19.4. The van der Waals surface area contributed by atoms with Crippen molar-refractivity contribution in [1.82, 2.24) is 10.2 Å². The summed E-state index contributed by atoms with van der Waals surface area (Å²) in [6.07, 6.45) is -4.37. The lowest BCUT2D eigenvalue weighted by Gasteiger charge is -2.07. The molecule has 0 saturated carbocycles. The van der Waals surface area contributed by atoms with Gasteiger partial charge < -0.3 is 0 Å². The summed E-state index contributed by atoms with van der Waals surface area (Å²) in [6.45, 7) is 0. The lowest BCUT2D eigenvalue weighted by atomic mass is 10.1. The van der Waals surface area contributed by atoms with Crippen LogP contribution in [0.15, 0.2) is 54.6 Å². The van der Waals surface area contributed by atoms with Crippen LogP contribution < -0.4 is 0 Å². The summed E-state index contributed by atoms with van der Waals surface area (Å²) >= 11 is 0. The SMILES string of the molecule is FC(F)(F)c1ccc2cc(-c3ccccc3)nnc2c1. The number of aromatic nitrogens is 2. The third kappa shape index (κ3) is 2.34. The lowest BCUT2D eigenvalue weighted by Crippen LogP contribution is -2.04. The van der Waals surface area contributed by atoms with E-state index in [2.05, 4.69) is 10.2 Å². The summed E-state index contributed by atoms with van der Waals surface area (Å²) in [7, 11) is 0. The van der Waals surface area contributed by atoms with E-state index in [1.165, 1.54) is 6.07 Å². The number of alkyl halides is 3. The van der Waals surface area contributed by atoms with Gasteiger partial charge in [-0.1, -0.05) is 36.4 Å². The molecule has 0 unspecified atom stereocenters. The highest BCUT2D eigenvalue weighted by Crippen LogP contribution is 2.31. The minimum Gasteiger partial charge on any atom is -0.166 e. The summed E-state index contributed by atoms with van der Waals surface area (Å²) in [6, 6.07) is 14.6. The molecular weight excluding hydrogens is 265 g/mol. The second-order valence-corrected chi connectivity index (χ2v) is 4.37. The first-order valence-electron chi connectivity index (χ1n) is 5.94. The Kier molecular flexibility index (Phi) is 2.89. The standard InChI is InChI=1S/C15H9F3N2/c16-15(17,18)12-7-6-11-8-13(19-20-14(11)9-12)10-4-2-1-3-5-10/h1-9H. The molecule has 3 rings (SSSR count). The van der Waals surface area contributed by atoms with Gasteiger partial charge in [0.05, 0.1) is 16.8 Å². The fraction of sp³-hybridized carbons (Fsp3) is 0.0667. The van der Waals surface area contributed by atoms with Gasteiger partial charge in [0, 0.05) is 10.9 Å². The lowest BCUT2D eigenvalue weighted by molar-refractivity contribution is -0.137. The third-order valence-electron chi connectivity index (χ3n) is 2.99. The first-order valence-corrected chi connectivity index (χ1v) is 5.94. The second kappa shape index (κ2) is 4.59. The number of nitrogens with zero attached hydrogens (tertiary/aromatic N) is 2. The molecule has 100 valence electrons. The number of hydrogen-bond acceptors (Lipinski definition) is 2. The van der Waals surface area contributed by atoms with Gasteiger partial charge >= 0.3 is 6.18 Å². The van der Waals surface area contributed by atoms with Gasteiger partial charge in [-0.2, -0.15) is 13.2 Å². The van der Waals surface area contributed by atoms with E-state index in [0.717, 1.165) is 17.7 Å². The van der Waals surface area contributed by atoms with Crippen molar-refractivity contribution in [3.63, 3.8) is 0 Å². The normalized spacial score (nSPS) is 11.8. The van der Waals surface area contributed by atoms with Crippen molar-refractivity contribution in [3.05, 3.63) is 60.2 Å². The zero-order valence-electron chi connectivity index (χ0n) is 10.2. The quantitative estimate of drug-likeness (QED) is 0.660. The maximum atomic E-state index is 12.6. The van der Waals surface area contributed by atoms with E-state index < -0.39 is 11.7 Å². The monoisotopic (exact) mass is 274 g/mol. The fourth-order valence-electron chi connectivity index (χ4n) is 1.96. The van der Waals surface area contributed by atoms with Gasteiger partial charge in [0.2, 0.25) is 0 Å². The Hall–Kier alpha value is -2.43. The molecule has 5 heteroatoms. The molecule has 1 aromatic heterocycles. The first-order chi connectivity index (χ1) is 9.54. The molecule has 0 atom stereocenters. The Bertz CT molecular complexity index is 752. The minimum atomic E-state index is -4.37. The summed E-state index contributed by atoms with van der Waals surface area (Å²) in [5.41, 5.74) is 1.03. The van der Waals surface area contributed by atoms with E-state index in [-0.39, 0.29) is 5.52 Å². The van der Waals surface area contributed by atoms with Crippen LogP contribution >= 0.6 is 0 Å². The molecule has 0 saturated heterocycles. The predicted molar refractivity (Wildman–Crippen MR) is 70.0 cm³/mol. The Balaban J connectivity index is 2.10. The zero-order chi connectivity index (χ0) is 14.2. The van der Waals surface area contributed by atoms with Gasteiger partial charge in [0.15, 0.2) is 0 Å². The van der Waals surface area contributed by atoms with E-state index in [1.54, 1.807) is 6.07 Å². The Morgan fingerprint density at radius 1 is 0.800 bits per heavy atom. The molecule has 0 aliphatic heterocycles. The average molecular weight is 274 g/mol. The predicted octanol–water partition coefficient (Wildman–Crippen LogP) is 4.32. The fourth-order valence-corrected chi connectivity index (χ4v) is 1.96. The molecule has 0 fully saturated rings. The topological polar surface area (TPSA) is 25.8 Å². The van der Waals surface area contributed by atoms with E-state index >= 15 is 0 Å². The molecule has 0 radical (unpaired) electrons. The van der Waals surface area contributed by atoms with Crippen molar-refractivity contribution in [2.24, 2.45) is 0 Å². The average Bonchev–Trinajstić information content (AvgIpc) is 2.46. The van der Waals surface area contributed by atoms with Crippen LogP contribution in [0.3, 0.4) is 0 Å². The molecule has 0 aliphatic carbocycles. The molecule has 0 spiro atoms. The second-order valence-electron chi connectivity index (χ2n) is 4.37. The Morgan fingerprint density at radius 3 is 2.25 bits per heavy atom. The molecule has 0 aliphatic rings. The van der Waals surface area contributed by atoms with E-state index in [0.29, 0.717) is 11.1 Å². The molecule has 0 N–H and O–H groups in total. The molecule has 20 heavy (non-hydrogen) atoms. The molecule has 2 aromatic carbocycles. The van der Waals surface area contributed by atoms with E-state index in [9.17, 15) is 13.2 Å². The zero-order valence-corrected chi connectivity index (χ0v) is 10.2. The molecule has 3 aromatic rings. The third-order valence-corrected chi connectivity index (χ3v) is 2.99. The number of fused-ring (bicyclic) bond motifs is 1. The molecule has 0 bridgehead atoms. The van der Waals surface area contributed by atoms with Crippen LogP contribution in [0.25, 0.3) is 22.2 Å². The van der Waals surface area contributed by atoms with Crippen LogP contribution in [0.5, 0.6) is 0 Å². The first kappa shape index (κ1) is 12.6. The van der Waals surface area contributed by atoms with Gasteiger partial charge in [-0.05, 0) is 18.2 Å². The van der Waals surface area contributed by atoms with Crippen LogP contribution in [0, 0.1) is 0 Å². The van der Waals surface area contributed by atoms with Crippen molar-refractivity contribution in [2.45, 2.75) is 6.18 Å². The summed E-state index contributed by atoms with van der Waals surface area (Å²) < 4.78 is 37.8.